The molecule has 2 aromatic rings. The summed E-state index contributed by atoms with van der Waals surface area (Å²) in [6.45, 7) is 0.775. The first-order chi connectivity index (χ1) is 8.65. The topological polar surface area (TPSA) is 39.1 Å². The van der Waals surface area contributed by atoms with Gasteiger partial charge < -0.3 is 10.1 Å². The summed E-state index contributed by atoms with van der Waals surface area (Å²) in [6, 6.07) is 7.63. The SMILES string of the molecule is CNCc1cc(-c2ccc(OC)cc2Cl)nn1C. The third-order valence-electron chi connectivity index (χ3n) is 2.79. The van der Waals surface area contributed by atoms with Crippen molar-refractivity contribution in [3.05, 3.63) is 35.0 Å². The maximum Gasteiger partial charge on any atom is 0.120 e. The minimum Gasteiger partial charge on any atom is -0.497 e. The lowest BCUT2D eigenvalue weighted by Gasteiger charge is -2.03. The van der Waals surface area contributed by atoms with Crippen molar-refractivity contribution in [1.82, 2.24) is 15.1 Å². The van der Waals surface area contributed by atoms with Crippen LogP contribution in [-0.4, -0.2) is 23.9 Å². The molecule has 0 fully saturated rings. The van der Waals surface area contributed by atoms with Crippen molar-refractivity contribution in [2.45, 2.75) is 6.54 Å². The van der Waals surface area contributed by atoms with E-state index in [1.165, 1.54) is 0 Å². The molecule has 2 rings (SSSR count). The lowest BCUT2D eigenvalue weighted by Crippen LogP contribution is -2.09. The highest BCUT2D eigenvalue weighted by Gasteiger charge is 2.10. The summed E-state index contributed by atoms with van der Waals surface area (Å²) in [6.07, 6.45) is 0. The molecule has 0 radical (unpaired) electrons. The molecular weight excluding hydrogens is 250 g/mol. The zero-order valence-electron chi connectivity index (χ0n) is 10.7. The molecule has 18 heavy (non-hydrogen) atoms. The first-order valence-electron chi connectivity index (χ1n) is 5.67. The van der Waals surface area contributed by atoms with Crippen LogP contribution in [0.4, 0.5) is 0 Å². The Bertz CT molecular complexity index is 551. The Morgan fingerprint density at radius 1 is 1.39 bits per heavy atom. The van der Waals surface area contributed by atoms with Crippen LogP contribution in [0.15, 0.2) is 24.3 Å². The second-order valence-electron chi connectivity index (χ2n) is 4.02. The molecule has 0 saturated carbocycles. The van der Waals surface area contributed by atoms with E-state index in [2.05, 4.69) is 10.4 Å². The van der Waals surface area contributed by atoms with E-state index in [4.69, 9.17) is 16.3 Å². The normalized spacial score (nSPS) is 10.7. The first-order valence-corrected chi connectivity index (χ1v) is 6.05. The predicted molar refractivity (Wildman–Crippen MR) is 73.0 cm³/mol. The minimum absolute atomic E-state index is 0.642. The molecular formula is C13H16ClN3O. The average molecular weight is 266 g/mol. The number of nitrogens with one attached hydrogen (secondary N) is 1. The number of rotatable bonds is 4. The third kappa shape index (κ3) is 2.49. The van der Waals surface area contributed by atoms with Crippen LogP contribution in [0.25, 0.3) is 11.3 Å². The predicted octanol–water partition coefficient (Wildman–Crippen LogP) is 2.47. The molecule has 1 aromatic carbocycles. The number of halogens is 1. The minimum atomic E-state index is 0.642. The molecule has 0 aliphatic heterocycles. The number of methoxy groups -OCH3 is 1. The number of benzene rings is 1. The summed E-state index contributed by atoms with van der Waals surface area (Å²) >= 11 is 6.24. The maximum absolute atomic E-state index is 6.24. The summed E-state index contributed by atoms with van der Waals surface area (Å²) in [5, 5.41) is 8.22. The van der Waals surface area contributed by atoms with Crippen molar-refractivity contribution in [1.29, 1.82) is 0 Å². The fourth-order valence-corrected chi connectivity index (χ4v) is 2.08. The van der Waals surface area contributed by atoms with Crippen molar-refractivity contribution < 1.29 is 4.74 Å². The van der Waals surface area contributed by atoms with E-state index < -0.39 is 0 Å². The van der Waals surface area contributed by atoms with Crippen LogP contribution < -0.4 is 10.1 Å². The summed E-state index contributed by atoms with van der Waals surface area (Å²) < 4.78 is 6.99. The fourth-order valence-electron chi connectivity index (χ4n) is 1.81. The Balaban J connectivity index is 2.39. The van der Waals surface area contributed by atoms with E-state index in [0.29, 0.717) is 5.02 Å². The van der Waals surface area contributed by atoms with E-state index in [9.17, 15) is 0 Å². The molecule has 0 spiro atoms. The molecule has 0 aliphatic rings. The Morgan fingerprint density at radius 3 is 2.78 bits per heavy atom. The molecule has 0 atom stereocenters. The Hall–Kier alpha value is -1.52. The van der Waals surface area contributed by atoms with E-state index in [-0.39, 0.29) is 0 Å². The molecule has 0 amide bonds. The van der Waals surface area contributed by atoms with E-state index in [1.807, 2.05) is 37.0 Å². The number of hydrogen-bond acceptors (Lipinski definition) is 3. The van der Waals surface area contributed by atoms with Gasteiger partial charge in [0.25, 0.3) is 0 Å². The highest BCUT2D eigenvalue weighted by atomic mass is 35.5. The van der Waals surface area contributed by atoms with Crippen molar-refractivity contribution >= 4 is 11.6 Å². The quantitative estimate of drug-likeness (QED) is 0.923. The van der Waals surface area contributed by atoms with Crippen LogP contribution in [-0.2, 0) is 13.6 Å². The zero-order valence-corrected chi connectivity index (χ0v) is 11.5. The molecule has 96 valence electrons. The van der Waals surface area contributed by atoms with Crippen molar-refractivity contribution in [3.63, 3.8) is 0 Å². The number of aryl methyl sites for hydroxylation is 1. The van der Waals surface area contributed by atoms with Gasteiger partial charge in [-0.15, -0.1) is 0 Å². The van der Waals surface area contributed by atoms with Crippen molar-refractivity contribution in [2.24, 2.45) is 7.05 Å². The lowest BCUT2D eigenvalue weighted by molar-refractivity contribution is 0.415. The van der Waals surface area contributed by atoms with Gasteiger partial charge in [0, 0.05) is 19.2 Å². The molecule has 0 bridgehead atoms. The molecule has 0 unspecified atom stereocenters. The van der Waals surface area contributed by atoms with Gasteiger partial charge in [-0.2, -0.15) is 5.10 Å². The van der Waals surface area contributed by atoms with Crippen LogP contribution in [0.3, 0.4) is 0 Å². The maximum atomic E-state index is 6.24. The monoisotopic (exact) mass is 265 g/mol. The standard InChI is InChI=1S/C13H16ClN3O/c1-15-8-9-6-13(16-17(9)2)11-5-4-10(18-3)7-12(11)14/h4-7,15H,8H2,1-3H3. The first kappa shape index (κ1) is 12.9. The largest absolute Gasteiger partial charge is 0.497 e. The average Bonchev–Trinajstić information content (AvgIpc) is 2.71. The highest BCUT2D eigenvalue weighted by molar-refractivity contribution is 6.33. The number of ether oxygens (including phenoxy) is 1. The number of hydrogen-bond donors (Lipinski definition) is 1. The summed E-state index contributed by atoms with van der Waals surface area (Å²) in [7, 11) is 5.46. The van der Waals surface area contributed by atoms with Crippen LogP contribution >= 0.6 is 11.6 Å². The van der Waals surface area contributed by atoms with Gasteiger partial charge in [0.05, 0.1) is 23.5 Å². The fraction of sp³-hybridized carbons (Fsp3) is 0.308. The Morgan fingerprint density at radius 2 is 2.17 bits per heavy atom. The summed E-state index contributed by atoms with van der Waals surface area (Å²) in [5.41, 5.74) is 2.89. The van der Waals surface area contributed by atoms with Crippen LogP contribution in [0, 0.1) is 0 Å². The van der Waals surface area contributed by atoms with E-state index >= 15 is 0 Å². The van der Waals surface area contributed by atoms with Crippen LogP contribution in [0.1, 0.15) is 5.69 Å². The number of aromatic nitrogens is 2. The summed E-state index contributed by atoms with van der Waals surface area (Å²) in [5.74, 6) is 0.745. The lowest BCUT2D eigenvalue weighted by atomic mass is 10.1. The Labute approximate surface area is 112 Å². The number of nitrogens with zero attached hydrogens (tertiary/aromatic N) is 2. The molecule has 1 N–H and O–H groups in total. The third-order valence-corrected chi connectivity index (χ3v) is 3.10. The molecule has 4 nitrogen and oxygen atoms in total. The van der Waals surface area contributed by atoms with Gasteiger partial charge in [0.2, 0.25) is 0 Å². The summed E-state index contributed by atoms with van der Waals surface area (Å²) in [4.78, 5) is 0. The van der Waals surface area contributed by atoms with Gasteiger partial charge in [-0.25, -0.2) is 0 Å². The van der Waals surface area contributed by atoms with Gasteiger partial charge in [0.15, 0.2) is 0 Å². The van der Waals surface area contributed by atoms with Crippen molar-refractivity contribution in [3.8, 4) is 17.0 Å². The van der Waals surface area contributed by atoms with Gasteiger partial charge >= 0.3 is 0 Å². The van der Waals surface area contributed by atoms with Crippen LogP contribution in [0.5, 0.6) is 5.75 Å². The van der Waals surface area contributed by atoms with Gasteiger partial charge in [-0.05, 0) is 31.3 Å². The zero-order chi connectivity index (χ0) is 13.1. The Kier molecular flexibility index (Phi) is 3.89. The van der Waals surface area contributed by atoms with E-state index in [1.54, 1.807) is 13.2 Å². The highest BCUT2D eigenvalue weighted by Crippen LogP contribution is 2.30. The van der Waals surface area contributed by atoms with Gasteiger partial charge in [-0.1, -0.05) is 11.6 Å². The van der Waals surface area contributed by atoms with Crippen molar-refractivity contribution in [2.75, 3.05) is 14.2 Å². The van der Waals surface area contributed by atoms with E-state index in [0.717, 1.165) is 29.2 Å². The van der Waals surface area contributed by atoms with Crippen LogP contribution in [0.2, 0.25) is 5.02 Å². The molecule has 0 aliphatic carbocycles. The molecule has 1 aromatic heterocycles. The van der Waals surface area contributed by atoms with Gasteiger partial charge in [-0.3, -0.25) is 4.68 Å². The smallest absolute Gasteiger partial charge is 0.120 e. The molecule has 1 heterocycles. The molecule has 0 saturated heterocycles. The molecule has 5 heteroatoms. The van der Waals surface area contributed by atoms with Gasteiger partial charge in [0.1, 0.15) is 5.75 Å². The second-order valence-corrected chi connectivity index (χ2v) is 4.43. The second kappa shape index (κ2) is 5.42.